The van der Waals surface area contributed by atoms with Gasteiger partial charge in [-0.1, -0.05) is 109 Å². The Labute approximate surface area is 266 Å². The molecule has 0 bridgehead atoms. The second-order valence-electron chi connectivity index (χ2n) is 10.4. The second kappa shape index (κ2) is 9.79. The minimum Gasteiger partial charge on any atom is -0.452 e. The van der Waals surface area contributed by atoms with Crippen LogP contribution in [-0.2, 0) is 0 Å². The van der Waals surface area contributed by atoms with Crippen LogP contribution in [0.15, 0.2) is 156 Å². The summed E-state index contributed by atoms with van der Waals surface area (Å²) in [6, 6.07) is 24.6. The highest BCUT2D eigenvalue weighted by atomic mass is 16.3. The molecule has 0 saturated heterocycles. The largest absolute Gasteiger partial charge is 0.452 e. The third kappa shape index (κ3) is 3.85. The van der Waals surface area contributed by atoms with Crippen molar-refractivity contribution >= 4 is 43.9 Å². The first-order valence-corrected chi connectivity index (χ1v) is 14.0. The molecular weight excluding hydrogens is 538 g/mol. The van der Waals surface area contributed by atoms with E-state index in [0.717, 1.165) is 33.1 Å². The zero-order chi connectivity index (χ0) is 36.9. The molecular formula is C40H25N3O. The number of nitrogens with zero attached hydrogens (tertiary/aromatic N) is 3. The molecule has 4 nitrogen and oxygen atoms in total. The summed E-state index contributed by atoms with van der Waals surface area (Å²) in [4.78, 5) is 9.18. The van der Waals surface area contributed by atoms with Gasteiger partial charge in [0.1, 0.15) is 23.1 Å². The lowest BCUT2D eigenvalue weighted by atomic mass is 9.99. The van der Waals surface area contributed by atoms with E-state index in [1.54, 1.807) is 18.2 Å². The Hall–Kier alpha value is -6.00. The highest BCUT2D eigenvalue weighted by Gasteiger charge is 2.17. The summed E-state index contributed by atoms with van der Waals surface area (Å²) >= 11 is 0. The molecule has 0 aliphatic heterocycles. The van der Waals surface area contributed by atoms with Crippen molar-refractivity contribution in [2.45, 2.75) is 0 Å². The van der Waals surface area contributed by atoms with Crippen molar-refractivity contribution in [1.29, 1.82) is 0 Å². The normalized spacial score (nSPS) is 14.5. The third-order valence-electron chi connectivity index (χ3n) is 7.87. The van der Waals surface area contributed by atoms with Gasteiger partial charge in [-0.2, -0.15) is 0 Å². The first-order valence-electron chi connectivity index (χ1n) is 18.5. The smallest absolute Gasteiger partial charge is 0.180 e. The maximum Gasteiger partial charge on any atom is 0.180 e. The SMILES string of the molecule is [2H]c1c([2H])c([2H])c(-c2c([2H])c([2H])c(-c3ccc4oc5c(-c6cccc(-n7c8ccccc8c8ccccc87)c6)ncnc5c4c3)c([2H])c2[2H])c([2H])c1[2H]. The summed E-state index contributed by atoms with van der Waals surface area (Å²) in [7, 11) is 0. The number of furan rings is 1. The van der Waals surface area contributed by atoms with Crippen molar-refractivity contribution in [3.8, 4) is 39.2 Å². The fourth-order valence-electron chi connectivity index (χ4n) is 5.89. The highest BCUT2D eigenvalue weighted by Crippen LogP contribution is 2.37. The van der Waals surface area contributed by atoms with Crippen molar-refractivity contribution in [1.82, 2.24) is 14.5 Å². The molecule has 9 aromatic rings. The topological polar surface area (TPSA) is 43.9 Å². The molecule has 0 radical (unpaired) electrons. The molecule has 0 spiro atoms. The Morgan fingerprint density at radius 3 is 1.98 bits per heavy atom. The van der Waals surface area contributed by atoms with Gasteiger partial charge < -0.3 is 8.98 Å². The average Bonchev–Trinajstić information content (AvgIpc) is 3.73. The first kappa shape index (κ1) is 17.2. The van der Waals surface area contributed by atoms with Crippen molar-refractivity contribution in [3.63, 3.8) is 0 Å². The monoisotopic (exact) mass is 572 g/mol. The van der Waals surface area contributed by atoms with Gasteiger partial charge in [-0.3, -0.25) is 0 Å². The highest BCUT2D eigenvalue weighted by molar-refractivity contribution is 6.10. The lowest BCUT2D eigenvalue weighted by Crippen LogP contribution is -1.95. The van der Waals surface area contributed by atoms with Gasteiger partial charge in [0.25, 0.3) is 0 Å². The van der Waals surface area contributed by atoms with E-state index >= 15 is 0 Å². The molecule has 0 amide bonds. The van der Waals surface area contributed by atoms with Crippen molar-refractivity contribution in [2.24, 2.45) is 0 Å². The lowest BCUT2D eigenvalue weighted by molar-refractivity contribution is 0.667. The van der Waals surface area contributed by atoms with Crippen LogP contribution in [0, 0.1) is 0 Å². The molecule has 0 fully saturated rings. The van der Waals surface area contributed by atoms with Crippen LogP contribution >= 0.6 is 0 Å². The molecule has 4 heteroatoms. The van der Waals surface area contributed by atoms with Crippen molar-refractivity contribution < 1.29 is 16.8 Å². The molecule has 3 aromatic heterocycles. The molecule has 3 heterocycles. The fourth-order valence-corrected chi connectivity index (χ4v) is 5.89. The van der Waals surface area contributed by atoms with Crippen LogP contribution in [0.4, 0.5) is 0 Å². The Morgan fingerprint density at radius 1 is 0.545 bits per heavy atom. The summed E-state index contributed by atoms with van der Waals surface area (Å²) in [5.41, 5.74) is 5.49. The zero-order valence-corrected chi connectivity index (χ0v) is 23.0. The van der Waals surface area contributed by atoms with Gasteiger partial charge in [0.15, 0.2) is 5.58 Å². The lowest BCUT2D eigenvalue weighted by Gasteiger charge is -2.10. The summed E-state index contributed by atoms with van der Waals surface area (Å²) in [6.07, 6.45) is 1.46. The standard InChI is InChI=1S/C40H25N3O/c1-2-9-26(10-3-1)27-17-19-28(20-18-27)29-21-22-37-34(24-29)39-40(44-37)38(41-25-42-39)30-11-8-12-31(23-30)43-35-15-6-4-13-32(35)33-14-5-7-16-36(33)43/h1-25H/i1D,2D,3D,9D,10D,17D,18D,19D,20D. The maximum atomic E-state index is 8.92. The maximum absolute atomic E-state index is 8.92. The minimum absolute atomic E-state index is 0.0134. The number of rotatable bonds is 4. The van der Waals surface area contributed by atoms with E-state index in [4.69, 9.17) is 16.8 Å². The van der Waals surface area contributed by atoms with Gasteiger partial charge in [0, 0.05) is 27.4 Å². The van der Waals surface area contributed by atoms with E-state index in [1.165, 1.54) is 6.33 Å². The fraction of sp³-hybridized carbons (Fsp3) is 0. The number of hydrogen-bond donors (Lipinski definition) is 0. The predicted molar refractivity (Wildman–Crippen MR) is 180 cm³/mol. The van der Waals surface area contributed by atoms with Gasteiger partial charge in [0.05, 0.1) is 23.4 Å². The van der Waals surface area contributed by atoms with Crippen LogP contribution < -0.4 is 0 Å². The number of hydrogen-bond acceptors (Lipinski definition) is 3. The Kier molecular flexibility index (Phi) is 3.82. The quantitative estimate of drug-likeness (QED) is 0.211. The van der Waals surface area contributed by atoms with E-state index in [0.29, 0.717) is 33.3 Å². The second-order valence-corrected chi connectivity index (χ2v) is 10.4. The van der Waals surface area contributed by atoms with Gasteiger partial charge in [-0.15, -0.1) is 0 Å². The van der Waals surface area contributed by atoms with E-state index in [9.17, 15) is 0 Å². The number of para-hydroxylation sites is 2. The van der Waals surface area contributed by atoms with E-state index in [1.807, 2.05) is 42.5 Å². The summed E-state index contributed by atoms with van der Waals surface area (Å²) in [5.74, 6) is 0. The van der Waals surface area contributed by atoms with Crippen molar-refractivity contribution in [2.75, 3.05) is 0 Å². The average molecular weight is 573 g/mol. The Balaban J connectivity index is 1.19. The third-order valence-corrected chi connectivity index (χ3v) is 7.87. The van der Waals surface area contributed by atoms with E-state index < -0.39 is 54.4 Å². The van der Waals surface area contributed by atoms with Crippen LogP contribution in [0.5, 0.6) is 0 Å². The molecule has 0 atom stereocenters. The molecule has 206 valence electrons. The van der Waals surface area contributed by atoms with Crippen LogP contribution in [0.2, 0.25) is 0 Å². The molecule has 9 rings (SSSR count). The van der Waals surface area contributed by atoms with Gasteiger partial charge in [-0.25, -0.2) is 9.97 Å². The number of fused-ring (bicyclic) bond motifs is 6. The van der Waals surface area contributed by atoms with E-state index in [2.05, 4.69) is 44.9 Å². The molecule has 44 heavy (non-hydrogen) atoms. The zero-order valence-electron chi connectivity index (χ0n) is 32.0. The Morgan fingerprint density at radius 2 is 1.23 bits per heavy atom. The van der Waals surface area contributed by atoms with Gasteiger partial charge in [0.2, 0.25) is 0 Å². The van der Waals surface area contributed by atoms with Crippen LogP contribution in [0.1, 0.15) is 12.3 Å². The summed E-state index contributed by atoms with van der Waals surface area (Å²) in [6.45, 7) is 0. The first-order chi connectivity index (χ1) is 25.6. The number of benzene rings is 6. The molecule has 0 N–H and O–H groups in total. The summed E-state index contributed by atoms with van der Waals surface area (Å²) < 4.78 is 84.9. The molecule has 0 aliphatic carbocycles. The van der Waals surface area contributed by atoms with Gasteiger partial charge in [-0.05, 0) is 58.7 Å². The van der Waals surface area contributed by atoms with Gasteiger partial charge >= 0.3 is 0 Å². The van der Waals surface area contributed by atoms with Crippen LogP contribution in [0.3, 0.4) is 0 Å². The Bertz CT molecular complexity index is 2910. The summed E-state index contributed by atoms with van der Waals surface area (Å²) in [5, 5.41) is 2.87. The molecule has 0 saturated carbocycles. The van der Waals surface area contributed by atoms with Crippen LogP contribution in [-0.4, -0.2) is 14.5 Å². The molecule has 0 aliphatic rings. The van der Waals surface area contributed by atoms with Crippen LogP contribution in [0.25, 0.3) is 83.1 Å². The molecule has 0 unspecified atom stereocenters. The minimum atomic E-state index is -0.626. The number of aromatic nitrogens is 3. The molecule has 6 aromatic carbocycles. The van der Waals surface area contributed by atoms with E-state index in [-0.39, 0.29) is 16.7 Å². The van der Waals surface area contributed by atoms with Crippen molar-refractivity contribution in [3.05, 3.63) is 152 Å². The predicted octanol–water partition coefficient (Wildman–Crippen LogP) is 10.5.